The van der Waals surface area contributed by atoms with Gasteiger partial charge in [0.1, 0.15) is 11.3 Å². The molecule has 1 fully saturated rings. The Bertz CT molecular complexity index is 957. The molecule has 1 aliphatic heterocycles. The maximum absolute atomic E-state index is 10.8. The lowest BCUT2D eigenvalue weighted by Crippen LogP contribution is -2.27. The molecule has 2 aromatic heterocycles. The van der Waals surface area contributed by atoms with E-state index in [4.69, 9.17) is 9.52 Å². The minimum atomic E-state index is -0.970. The van der Waals surface area contributed by atoms with Gasteiger partial charge in [0.15, 0.2) is 5.76 Å². The van der Waals surface area contributed by atoms with Crippen LogP contribution in [-0.2, 0) is 4.79 Å². The summed E-state index contributed by atoms with van der Waals surface area (Å²) in [4.78, 5) is 17.8. The molecule has 0 spiro atoms. The van der Waals surface area contributed by atoms with Gasteiger partial charge in [-0.1, -0.05) is 18.2 Å². The first-order valence-electron chi connectivity index (χ1n) is 8.78. The highest BCUT2D eigenvalue weighted by Gasteiger charge is 2.25. The first-order valence-corrected chi connectivity index (χ1v) is 8.78. The topological polar surface area (TPSA) is 66.6 Å². The Morgan fingerprint density at radius 2 is 2.19 bits per heavy atom. The van der Waals surface area contributed by atoms with Gasteiger partial charge in [-0.2, -0.15) is 0 Å². The number of aromatic nitrogens is 1. The van der Waals surface area contributed by atoms with Crippen LogP contribution < -0.4 is 4.90 Å². The minimum Gasteiger partial charge on any atom is -0.478 e. The van der Waals surface area contributed by atoms with Gasteiger partial charge in [-0.15, -0.1) is 0 Å². The Morgan fingerprint density at radius 3 is 2.92 bits per heavy atom. The Kier molecular flexibility index (Phi) is 4.21. The van der Waals surface area contributed by atoms with E-state index in [1.165, 1.54) is 0 Å². The number of hydrogen-bond donors (Lipinski definition) is 1. The number of carboxylic acids is 1. The molecule has 5 nitrogen and oxygen atoms in total. The summed E-state index contributed by atoms with van der Waals surface area (Å²) >= 11 is 0. The smallest absolute Gasteiger partial charge is 0.328 e. The number of anilines is 1. The molecule has 1 atom stereocenters. The predicted molar refractivity (Wildman–Crippen MR) is 102 cm³/mol. The molecule has 0 saturated carbocycles. The van der Waals surface area contributed by atoms with Gasteiger partial charge in [-0.25, -0.2) is 4.79 Å². The van der Waals surface area contributed by atoms with E-state index in [1.54, 1.807) is 12.3 Å². The first kappa shape index (κ1) is 16.4. The molecular formula is C21H20N2O3. The van der Waals surface area contributed by atoms with Gasteiger partial charge in [0.2, 0.25) is 0 Å². The first-order chi connectivity index (χ1) is 12.6. The Morgan fingerprint density at radius 1 is 1.35 bits per heavy atom. The van der Waals surface area contributed by atoms with Crippen molar-refractivity contribution in [3.8, 4) is 11.5 Å². The fourth-order valence-corrected chi connectivity index (χ4v) is 3.53. The monoisotopic (exact) mass is 348 g/mol. The van der Waals surface area contributed by atoms with Gasteiger partial charge in [0.05, 0.1) is 5.69 Å². The van der Waals surface area contributed by atoms with Crippen LogP contribution in [0, 0.1) is 0 Å². The zero-order chi connectivity index (χ0) is 18.1. The van der Waals surface area contributed by atoms with Crippen LogP contribution in [0.3, 0.4) is 0 Å². The van der Waals surface area contributed by atoms with Crippen LogP contribution in [0.5, 0.6) is 0 Å². The van der Waals surface area contributed by atoms with Crippen LogP contribution in [0.4, 0.5) is 5.69 Å². The normalized spacial score (nSPS) is 17.4. The summed E-state index contributed by atoms with van der Waals surface area (Å²) in [6.45, 7) is 3.16. The largest absolute Gasteiger partial charge is 0.478 e. The number of furan rings is 1. The van der Waals surface area contributed by atoms with Crippen LogP contribution in [-0.4, -0.2) is 28.6 Å². The van der Waals surface area contributed by atoms with Crippen LogP contribution in [0.15, 0.2) is 53.1 Å². The molecule has 4 rings (SSSR count). The van der Waals surface area contributed by atoms with Crippen molar-refractivity contribution >= 4 is 28.7 Å². The van der Waals surface area contributed by atoms with Crippen molar-refractivity contribution < 1.29 is 14.3 Å². The summed E-state index contributed by atoms with van der Waals surface area (Å²) < 4.78 is 6.03. The van der Waals surface area contributed by atoms with E-state index in [2.05, 4.69) is 16.8 Å². The van der Waals surface area contributed by atoms with E-state index in [1.807, 2.05) is 36.4 Å². The summed E-state index contributed by atoms with van der Waals surface area (Å²) in [5.74, 6) is -0.239. The van der Waals surface area contributed by atoms with E-state index < -0.39 is 5.97 Å². The van der Waals surface area contributed by atoms with Gasteiger partial charge in [-0.05, 0) is 49.6 Å². The van der Waals surface area contributed by atoms with Crippen molar-refractivity contribution in [1.82, 2.24) is 4.98 Å². The zero-order valence-electron chi connectivity index (χ0n) is 14.6. The van der Waals surface area contributed by atoms with Crippen LogP contribution in [0.1, 0.15) is 25.3 Å². The number of rotatable bonds is 4. The molecule has 0 radical (unpaired) electrons. The lowest BCUT2D eigenvalue weighted by atomic mass is 10.1. The lowest BCUT2D eigenvalue weighted by Gasteiger charge is -2.25. The Labute approximate surface area is 151 Å². The molecule has 1 N–H and O–H groups in total. The van der Waals surface area contributed by atoms with Gasteiger partial charge < -0.3 is 14.4 Å². The third-order valence-corrected chi connectivity index (χ3v) is 4.83. The van der Waals surface area contributed by atoms with E-state index in [9.17, 15) is 4.79 Å². The summed E-state index contributed by atoms with van der Waals surface area (Å²) in [7, 11) is 0. The number of aliphatic carboxylic acids is 1. The SMILES string of the molecule is CC1CCCN1c1cc(C=CC(=O)O)cnc1-c1cc2ccccc2o1. The van der Waals surface area contributed by atoms with Gasteiger partial charge >= 0.3 is 5.97 Å². The second kappa shape index (κ2) is 6.67. The average molecular weight is 348 g/mol. The van der Waals surface area contributed by atoms with Gasteiger partial charge in [0, 0.05) is 30.2 Å². The standard InChI is InChI=1S/C21H20N2O3/c1-14-5-4-10-23(14)17-11-15(8-9-20(24)25)13-22-21(17)19-12-16-6-2-3-7-18(16)26-19/h2-3,6-9,11-14H,4-5,10H2,1H3,(H,24,25). The van der Waals surface area contributed by atoms with Crippen molar-refractivity contribution in [3.05, 3.63) is 54.2 Å². The molecule has 3 heterocycles. The Balaban J connectivity index is 1.83. The number of carboxylic acid groups (broad SMARTS) is 1. The highest BCUT2D eigenvalue weighted by Crippen LogP contribution is 2.36. The van der Waals surface area contributed by atoms with Gasteiger partial charge in [0.25, 0.3) is 0 Å². The molecule has 1 unspecified atom stereocenters. The molecule has 0 bridgehead atoms. The van der Waals surface area contributed by atoms with E-state index in [-0.39, 0.29) is 0 Å². The number of benzene rings is 1. The minimum absolute atomic E-state index is 0.415. The fraction of sp³-hybridized carbons (Fsp3) is 0.238. The molecular weight excluding hydrogens is 328 g/mol. The quantitative estimate of drug-likeness (QED) is 0.699. The van der Waals surface area contributed by atoms with E-state index in [0.717, 1.165) is 59.1 Å². The zero-order valence-corrected chi connectivity index (χ0v) is 14.6. The van der Waals surface area contributed by atoms with Crippen LogP contribution in [0.2, 0.25) is 0 Å². The van der Waals surface area contributed by atoms with Crippen molar-refractivity contribution in [2.75, 3.05) is 11.4 Å². The second-order valence-corrected chi connectivity index (χ2v) is 6.64. The fourth-order valence-electron chi connectivity index (χ4n) is 3.53. The summed E-state index contributed by atoms with van der Waals surface area (Å²) in [5, 5.41) is 9.92. The highest BCUT2D eigenvalue weighted by atomic mass is 16.4. The molecule has 3 aromatic rings. The molecule has 1 aliphatic rings. The molecule has 0 aliphatic carbocycles. The summed E-state index contributed by atoms with van der Waals surface area (Å²) in [5.41, 5.74) is 3.38. The number of nitrogens with zero attached hydrogens (tertiary/aromatic N) is 2. The van der Waals surface area contributed by atoms with Crippen LogP contribution in [0.25, 0.3) is 28.5 Å². The molecule has 132 valence electrons. The predicted octanol–water partition coefficient (Wildman–Crippen LogP) is 4.58. The molecule has 1 aromatic carbocycles. The number of hydrogen-bond acceptors (Lipinski definition) is 4. The average Bonchev–Trinajstić information content (AvgIpc) is 3.25. The van der Waals surface area contributed by atoms with Gasteiger partial charge in [-0.3, -0.25) is 4.98 Å². The third kappa shape index (κ3) is 3.08. The maximum Gasteiger partial charge on any atom is 0.328 e. The summed E-state index contributed by atoms with van der Waals surface area (Å²) in [6, 6.07) is 12.3. The molecule has 5 heteroatoms. The van der Waals surface area contributed by atoms with E-state index in [0.29, 0.717) is 6.04 Å². The van der Waals surface area contributed by atoms with Crippen molar-refractivity contribution in [2.24, 2.45) is 0 Å². The number of para-hydroxylation sites is 1. The number of fused-ring (bicyclic) bond motifs is 1. The number of carbonyl (C=O) groups is 1. The maximum atomic E-state index is 10.8. The van der Waals surface area contributed by atoms with Crippen LogP contribution >= 0.6 is 0 Å². The Hall–Kier alpha value is -3.08. The van der Waals surface area contributed by atoms with Crippen molar-refractivity contribution in [1.29, 1.82) is 0 Å². The molecule has 26 heavy (non-hydrogen) atoms. The summed E-state index contributed by atoms with van der Waals surface area (Å²) in [6.07, 6.45) is 6.66. The van der Waals surface area contributed by atoms with E-state index >= 15 is 0 Å². The number of pyridine rings is 1. The third-order valence-electron chi connectivity index (χ3n) is 4.83. The second-order valence-electron chi connectivity index (χ2n) is 6.64. The molecule has 1 saturated heterocycles. The molecule has 0 amide bonds. The highest BCUT2D eigenvalue weighted by molar-refractivity contribution is 5.87. The lowest BCUT2D eigenvalue weighted by molar-refractivity contribution is -0.131. The van der Waals surface area contributed by atoms with Crippen molar-refractivity contribution in [3.63, 3.8) is 0 Å². The van der Waals surface area contributed by atoms with Crippen molar-refractivity contribution in [2.45, 2.75) is 25.8 Å².